The van der Waals surface area contributed by atoms with Gasteiger partial charge in [-0.25, -0.2) is 0 Å². The van der Waals surface area contributed by atoms with Gasteiger partial charge in [-0.1, -0.05) is 0 Å². The Bertz CT molecular complexity index is 1090. The van der Waals surface area contributed by atoms with Gasteiger partial charge in [-0.2, -0.15) is 5.26 Å². The predicted molar refractivity (Wildman–Crippen MR) is 113 cm³/mol. The smallest absolute Gasteiger partial charge is 0.276 e. The summed E-state index contributed by atoms with van der Waals surface area (Å²) in [6.45, 7) is -0.252. The van der Waals surface area contributed by atoms with Gasteiger partial charge in [0.2, 0.25) is 0 Å². The van der Waals surface area contributed by atoms with Crippen molar-refractivity contribution in [2.45, 2.75) is 25.7 Å². The van der Waals surface area contributed by atoms with Gasteiger partial charge in [0.05, 0.1) is 17.2 Å². The van der Waals surface area contributed by atoms with E-state index in [2.05, 4.69) is 10.9 Å². The standard InChI is InChI=1S/C22H20N4O3S/c23-13-15-7-9-16(10-8-15)29-14-19(27)24-25-21(28)20-17-5-1-2-6-18(17)30-22(20)26-11-3-4-12-26/h3-4,7-12H,1-2,5-6,14H2,(H,24,27)(H,25,28). The summed E-state index contributed by atoms with van der Waals surface area (Å²) in [5.74, 6) is -0.332. The maximum atomic E-state index is 12.9. The lowest BCUT2D eigenvalue weighted by Gasteiger charge is -2.14. The first-order chi connectivity index (χ1) is 14.7. The summed E-state index contributed by atoms with van der Waals surface area (Å²) >= 11 is 1.63. The molecule has 2 N–H and O–H groups in total. The summed E-state index contributed by atoms with van der Waals surface area (Å²) < 4.78 is 7.33. The van der Waals surface area contributed by atoms with Crippen molar-refractivity contribution in [2.24, 2.45) is 0 Å². The highest BCUT2D eigenvalue weighted by Gasteiger charge is 2.26. The van der Waals surface area contributed by atoms with E-state index in [0.29, 0.717) is 16.9 Å². The van der Waals surface area contributed by atoms with Crippen molar-refractivity contribution in [3.8, 4) is 16.8 Å². The zero-order valence-electron chi connectivity index (χ0n) is 16.2. The summed E-state index contributed by atoms with van der Waals surface area (Å²) in [6.07, 6.45) is 7.86. The third-order valence-electron chi connectivity index (χ3n) is 4.89. The fourth-order valence-corrected chi connectivity index (χ4v) is 4.79. The van der Waals surface area contributed by atoms with Crippen LogP contribution in [-0.2, 0) is 17.6 Å². The minimum atomic E-state index is -0.473. The van der Waals surface area contributed by atoms with Crippen LogP contribution in [0.3, 0.4) is 0 Å². The molecule has 0 bridgehead atoms. The number of carbonyl (C=O) groups excluding carboxylic acids is 2. The molecule has 152 valence electrons. The molecule has 2 heterocycles. The molecule has 0 unspecified atom stereocenters. The summed E-state index contributed by atoms with van der Waals surface area (Å²) in [7, 11) is 0. The highest BCUT2D eigenvalue weighted by molar-refractivity contribution is 7.15. The molecule has 0 atom stereocenters. The number of aromatic nitrogens is 1. The van der Waals surface area contributed by atoms with Crippen LogP contribution in [0.25, 0.3) is 5.00 Å². The molecule has 3 aromatic rings. The minimum absolute atomic E-state index is 0.252. The van der Waals surface area contributed by atoms with E-state index in [4.69, 9.17) is 10.00 Å². The number of nitriles is 1. The average Bonchev–Trinajstić information content (AvgIpc) is 3.44. The van der Waals surface area contributed by atoms with Crippen molar-refractivity contribution in [2.75, 3.05) is 6.61 Å². The molecule has 0 aliphatic heterocycles. The van der Waals surface area contributed by atoms with Crippen LogP contribution < -0.4 is 15.6 Å². The number of aryl methyl sites for hydroxylation is 1. The van der Waals surface area contributed by atoms with Gasteiger partial charge in [-0.3, -0.25) is 20.4 Å². The van der Waals surface area contributed by atoms with Gasteiger partial charge >= 0.3 is 0 Å². The lowest BCUT2D eigenvalue weighted by Crippen LogP contribution is -2.44. The first-order valence-corrected chi connectivity index (χ1v) is 10.5. The molecule has 1 aliphatic carbocycles. The highest BCUT2D eigenvalue weighted by atomic mass is 32.1. The topological polar surface area (TPSA) is 96.2 Å². The van der Waals surface area contributed by atoms with Gasteiger partial charge in [0, 0.05) is 17.3 Å². The number of nitrogens with zero attached hydrogens (tertiary/aromatic N) is 2. The second-order valence-electron chi connectivity index (χ2n) is 6.91. The van der Waals surface area contributed by atoms with E-state index < -0.39 is 5.91 Å². The molecule has 4 rings (SSSR count). The van der Waals surface area contributed by atoms with E-state index in [0.717, 1.165) is 36.2 Å². The van der Waals surface area contributed by atoms with Crippen molar-refractivity contribution in [1.29, 1.82) is 5.26 Å². The largest absolute Gasteiger partial charge is 0.484 e. The second-order valence-corrected chi connectivity index (χ2v) is 7.99. The van der Waals surface area contributed by atoms with E-state index in [9.17, 15) is 9.59 Å². The maximum absolute atomic E-state index is 12.9. The monoisotopic (exact) mass is 420 g/mol. The van der Waals surface area contributed by atoms with E-state index in [-0.39, 0.29) is 12.5 Å². The first kappa shape index (κ1) is 19.7. The summed E-state index contributed by atoms with van der Waals surface area (Å²) in [5, 5.41) is 9.67. The molecule has 0 fully saturated rings. The normalized spacial score (nSPS) is 12.5. The summed E-state index contributed by atoms with van der Waals surface area (Å²) in [5.41, 5.74) is 7.16. The highest BCUT2D eigenvalue weighted by Crippen LogP contribution is 2.36. The number of amides is 2. The number of rotatable bonds is 5. The van der Waals surface area contributed by atoms with Crippen LogP contribution in [0.4, 0.5) is 0 Å². The molecule has 1 aliphatic rings. The molecular weight excluding hydrogens is 400 g/mol. The first-order valence-electron chi connectivity index (χ1n) is 9.65. The number of benzene rings is 1. The van der Waals surface area contributed by atoms with Crippen molar-refractivity contribution < 1.29 is 14.3 Å². The fraction of sp³-hybridized carbons (Fsp3) is 0.227. The Kier molecular flexibility index (Phi) is 5.82. The van der Waals surface area contributed by atoms with E-state index in [1.807, 2.05) is 35.2 Å². The number of thiophene rings is 1. The van der Waals surface area contributed by atoms with Gasteiger partial charge in [-0.05, 0) is 67.6 Å². The average molecular weight is 420 g/mol. The van der Waals surface area contributed by atoms with Crippen LogP contribution in [0.15, 0.2) is 48.8 Å². The van der Waals surface area contributed by atoms with Gasteiger partial charge in [0.1, 0.15) is 10.8 Å². The SMILES string of the molecule is N#Cc1ccc(OCC(=O)NNC(=O)c2c(-n3cccc3)sc3c2CCCC3)cc1. The summed E-state index contributed by atoms with van der Waals surface area (Å²) in [6, 6.07) is 12.3. The Morgan fingerprint density at radius 3 is 2.57 bits per heavy atom. The van der Waals surface area contributed by atoms with Crippen LogP contribution >= 0.6 is 11.3 Å². The minimum Gasteiger partial charge on any atom is -0.484 e. The van der Waals surface area contributed by atoms with E-state index in [1.54, 1.807) is 35.6 Å². The van der Waals surface area contributed by atoms with Crippen molar-refractivity contribution in [3.05, 3.63) is 70.4 Å². The number of hydrogen-bond donors (Lipinski definition) is 2. The molecule has 0 saturated heterocycles. The Morgan fingerprint density at radius 1 is 1.10 bits per heavy atom. The van der Waals surface area contributed by atoms with Gasteiger partial charge in [0.25, 0.3) is 11.8 Å². The molecule has 8 heteroatoms. The van der Waals surface area contributed by atoms with Gasteiger partial charge in [0.15, 0.2) is 6.61 Å². The second kappa shape index (κ2) is 8.84. The zero-order chi connectivity index (χ0) is 20.9. The molecule has 2 amide bonds. The van der Waals surface area contributed by atoms with Crippen LogP contribution in [-0.4, -0.2) is 23.0 Å². The molecule has 30 heavy (non-hydrogen) atoms. The lowest BCUT2D eigenvalue weighted by atomic mass is 9.95. The lowest BCUT2D eigenvalue weighted by molar-refractivity contribution is -0.123. The van der Waals surface area contributed by atoms with E-state index >= 15 is 0 Å². The van der Waals surface area contributed by atoms with Gasteiger partial charge in [-0.15, -0.1) is 11.3 Å². The third kappa shape index (κ3) is 4.21. The van der Waals surface area contributed by atoms with Crippen LogP contribution in [0, 0.1) is 11.3 Å². The molecule has 0 saturated carbocycles. The number of nitrogens with one attached hydrogen (secondary N) is 2. The van der Waals surface area contributed by atoms with Gasteiger partial charge < -0.3 is 9.30 Å². The molecule has 7 nitrogen and oxygen atoms in total. The Morgan fingerprint density at radius 2 is 1.83 bits per heavy atom. The number of hydrazine groups is 1. The molecular formula is C22H20N4O3S. The van der Waals surface area contributed by atoms with Crippen molar-refractivity contribution in [3.63, 3.8) is 0 Å². The number of hydrogen-bond acceptors (Lipinski definition) is 5. The quantitative estimate of drug-likeness (QED) is 0.620. The Balaban J connectivity index is 1.40. The Labute approximate surface area is 177 Å². The van der Waals surface area contributed by atoms with Crippen LogP contribution in [0.5, 0.6) is 5.75 Å². The molecule has 1 aromatic carbocycles. The number of carbonyl (C=O) groups is 2. The van der Waals surface area contributed by atoms with Crippen molar-refractivity contribution >= 4 is 23.2 Å². The maximum Gasteiger partial charge on any atom is 0.276 e. The number of fused-ring (bicyclic) bond motifs is 1. The fourth-order valence-electron chi connectivity index (χ4n) is 3.44. The third-order valence-corrected chi connectivity index (χ3v) is 6.19. The molecule has 2 aromatic heterocycles. The van der Waals surface area contributed by atoms with Crippen LogP contribution in [0.1, 0.15) is 39.2 Å². The zero-order valence-corrected chi connectivity index (χ0v) is 17.0. The predicted octanol–water partition coefficient (Wildman–Crippen LogP) is 3.13. The van der Waals surface area contributed by atoms with Crippen LogP contribution in [0.2, 0.25) is 0 Å². The number of ether oxygens (including phenoxy) is 1. The Hall–Kier alpha value is -3.57. The molecule has 0 spiro atoms. The molecule has 0 radical (unpaired) electrons. The van der Waals surface area contributed by atoms with Crippen molar-refractivity contribution in [1.82, 2.24) is 15.4 Å². The summed E-state index contributed by atoms with van der Waals surface area (Å²) in [4.78, 5) is 26.3. The van der Waals surface area contributed by atoms with E-state index in [1.165, 1.54) is 4.88 Å².